The van der Waals surface area contributed by atoms with E-state index in [1.54, 1.807) is 36.4 Å². The normalized spacial score (nSPS) is 15.6. The molecule has 3 rings (SSSR count). The largest absolute Gasteiger partial charge is 0.349 e. The summed E-state index contributed by atoms with van der Waals surface area (Å²) in [4.78, 5) is 12.8. The van der Waals surface area contributed by atoms with E-state index >= 15 is 0 Å². The Hall–Kier alpha value is -2.25. The van der Waals surface area contributed by atoms with Crippen molar-refractivity contribution in [3.05, 3.63) is 65.5 Å². The quantitative estimate of drug-likeness (QED) is 0.659. The Morgan fingerprint density at radius 2 is 1.67 bits per heavy atom. The lowest BCUT2D eigenvalue weighted by atomic mass is 9.82. The molecular weight excluding hydrogens is 403 g/mol. The number of nitrogens with one attached hydrogen (secondary N) is 2. The fourth-order valence-electron chi connectivity index (χ4n) is 3.27. The van der Waals surface area contributed by atoms with Gasteiger partial charge in [-0.15, -0.1) is 0 Å². The van der Waals surface area contributed by atoms with E-state index < -0.39 is 10.0 Å². The molecule has 0 bridgehead atoms. The van der Waals surface area contributed by atoms with Gasteiger partial charge in [-0.25, -0.2) is 17.5 Å². The summed E-state index contributed by atoms with van der Waals surface area (Å²) in [6.07, 6.45) is 2.56. The Morgan fingerprint density at radius 1 is 1.07 bits per heavy atom. The molecular formula is C23H29FN2O3S. The minimum atomic E-state index is -3.47. The van der Waals surface area contributed by atoms with Crippen LogP contribution < -0.4 is 10.0 Å². The number of benzene rings is 2. The minimum absolute atomic E-state index is 0.0650. The van der Waals surface area contributed by atoms with Crippen LogP contribution in [0.3, 0.4) is 0 Å². The number of amides is 1. The van der Waals surface area contributed by atoms with Crippen molar-refractivity contribution in [2.45, 2.75) is 63.4 Å². The summed E-state index contributed by atoms with van der Waals surface area (Å²) in [6.45, 7) is 6.07. The van der Waals surface area contributed by atoms with Crippen LogP contribution in [0, 0.1) is 11.2 Å². The van der Waals surface area contributed by atoms with Crippen LogP contribution in [0.25, 0.3) is 0 Å². The molecule has 2 aromatic carbocycles. The summed E-state index contributed by atoms with van der Waals surface area (Å²) < 4.78 is 40.4. The Bertz CT molecular complexity index is 977. The summed E-state index contributed by atoms with van der Waals surface area (Å²) in [7, 11) is -3.47. The Balaban J connectivity index is 1.59. The smallest absolute Gasteiger partial charge is 0.240 e. The molecule has 0 aliphatic heterocycles. The molecule has 0 radical (unpaired) electrons. The van der Waals surface area contributed by atoms with Crippen molar-refractivity contribution in [3.63, 3.8) is 0 Å². The number of carbonyl (C=O) groups is 1. The monoisotopic (exact) mass is 432 g/mol. The van der Waals surface area contributed by atoms with Gasteiger partial charge in [0, 0.05) is 12.5 Å². The summed E-state index contributed by atoms with van der Waals surface area (Å²) in [5.74, 6) is -0.415. The fourth-order valence-corrected chi connectivity index (χ4v) is 4.58. The first-order chi connectivity index (χ1) is 14.0. The van der Waals surface area contributed by atoms with E-state index in [-0.39, 0.29) is 40.5 Å². The molecule has 5 nitrogen and oxygen atoms in total. The molecule has 0 heterocycles. The Kier molecular flexibility index (Phi) is 6.62. The summed E-state index contributed by atoms with van der Waals surface area (Å²) >= 11 is 0. The predicted octanol–water partition coefficient (Wildman–Crippen LogP) is 4.10. The van der Waals surface area contributed by atoms with E-state index in [0.29, 0.717) is 6.42 Å². The van der Waals surface area contributed by atoms with Crippen LogP contribution in [0.1, 0.15) is 57.2 Å². The van der Waals surface area contributed by atoms with Crippen molar-refractivity contribution in [3.8, 4) is 0 Å². The van der Waals surface area contributed by atoms with Gasteiger partial charge in [-0.3, -0.25) is 4.79 Å². The highest BCUT2D eigenvalue weighted by Crippen LogP contribution is 2.33. The molecule has 2 N–H and O–H groups in total. The second kappa shape index (κ2) is 8.86. The van der Waals surface area contributed by atoms with Crippen molar-refractivity contribution in [2.24, 2.45) is 5.41 Å². The van der Waals surface area contributed by atoms with Crippen molar-refractivity contribution in [2.75, 3.05) is 0 Å². The van der Waals surface area contributed by atoms with Crippen LogP contribution in [0.15, 0.2) is 53.4 Å². The molecule has 30 heavy (non-hydrogen) atoms. The van der Waals surface area contributed by atoms with Gasteiger partial charge in [0.25, 0.3) is 0 Å². The molecule has 1 aliphatic rings. The van der Waals surface area contributed by atoms with E-state index in [9.17, 15) is 17.6 Å². The second-order valence-corrected chi connectivity index (χ2v) is 10.7. The zero-order valence-electron chi connectivity index (χ0n) is 17.6. The third kappa shape index (κ3) is 6.12. The summed E-state index contributed by atoms with van der Waals surface area (Å²) in [5.41, 5.74) is 1.51. The Morgan fingerprint density at radius 3 is 2.20 bits per heavy atom. The first-order valence-electron chi connectivity index (χ1n) is 10.2. The maximum absolute atomic E-state index is 13.3. The zero-order chi connectivity index (χ0) is 21.9. The first-order valence-corrected chi connectivity index (χ1v) is 11.7. The van der Waals surface area contributed by atoms with Crippen LogP contribution in [-0.4, -0.2) is 20.4 Å². The molecule has 1 unspecified atom stereocenters. The molecule has 0 spiro atoms. The maximum Gasteiger partial charge on any atom is 0.240 e. The average molecular weight is 433 g/mol. The second-order valence-electron chi connectivity index (χ2n) is 8.96. The molecule has 1 aliphatic carbocycles. The molecule has 0 saturated heterocycles. The van der Waals surface area contributed by atoms with Crippen molar-refractivity contribution < 1.29 is 17.6 Å². The van der Waals surface area contributed by atoms with Gasteiger partial charge in [0.1, 0.15) is 5.82 Å². The summed E-state index contributed by atoms with van der Waals surface area (Å²) in [6, 6.07) is 12.7. The molecule has 0 aromatic heterocycles. The third-order valence-corrected chi connectivity index (χ3v) is 6.68. The minimum Gasteiger partial charge on any atom is -0.349 e. The number of carbonyl (C=O) groups excluding carboxylic acids is 1. The molecule has 162 valence electrons. The number of sulfonamides is 1. The number of rotatable bonds is 8. The van der Waals surface area contributed by atoms with Gasteiger partial charge < -0.3 is 5.32 Å². The number of hydrogen-bond acceptors (Lipinski definition) is 3. The van der Waals surface area contributed by atoms with Crippen molar-refractivity contribution in [1.82, 2.24) is 10.0 Å². The van der Waals surface area contributed by atoms with Gasteiger partial charge >= 0.3 is 0 Å². The van der Waals surface area contributed by atoms with Crippen molar-refractivity contribution >= 4 is 15.9 Å². The molecule has 1 fully saturated rings. The number of halogens is 1. The lowest BCUT2D eigenvalue weighted by molar-refractivity contribution is -0.122. The van der Waals surface area contributed by atoms with E-state index in [1.807, 2.05) is 20.8 Å². The number of aryl methyl sites for hydroxylation is 1. The molecule has 1 amide bonds. The average Bonchev–Trinajstić information content (AvgIpc) is 3.48. The van der Waals surface area contributed by atoms with Gasteiger partial charge in [-0.2, -0.15) is 0 Å². The highest BCUT2D eigenvalue weighted by Gasteiger charge is 2.29. The van der Waals surface area contributed by atoms with Gasteiger partial charge in [0.15, 0.2) is 0 Å². The lowest BCUT2D eigenvalue weighted by Gasteiger charge is -2.32. The van der Waals surface area contributed by atoms with Crippen LogP contribution in [-0.2, 0) is 21.2 Å². The van der Waals surface area contributed by atoms with Crippen molar-refractivity contribution in [1.29, 1.82) is 0 Å². The van der Waals surface area contributed by atoms with Gasteiger partial charge in [-0.1, -0.05) is 45.0 Å². The highest BCUT2D eigenvalue weighted by atomic mass is 32.2. The topological polar surface area (TPSA) is 75.3 Å². The van der Waals surface area contributed by atoms with Gasteiger partial charge in [0.05, 0.1) is 10.9 Å². The lowest BCUT2D eigenvalue weighted by Crippen LogP contribution is -2.36. The maximum atomic E-state index is 13.3. The first kappa shape index (κ1) is 22.4. The SMILES string of the molecule is CC(C)(C)C(NC(=O)CCc1ccc(S(=O)(=O)NC2CC2)cc1)c1ccc(F)cc1. The van der Waals surface area contributed by atoms with E-state index in [1.165, 1.54) is 12.1 Å². The van der Waals surface area contributed by atoms with Crippen LogP contribution >= 0.6 is 0 Å². The third-order valence-electron chi connectivity index (χ3n) is 5.15. The van der Waals surface area contributed by atoms with E-state index in [4.69, 9.17) is 0 Å². The number of hydrogen-bond donors (Lipinski definition) is 2. The van der Waals surface area contributed by atoms with E-state index in [2.05, 4.69) is 10.0 Å². The standard InChI is InChI=1S/C23H29FN2O3S/c1-23(2,3)22(17-7-9-18(24)10-8-17)25-21(27)15-6-16-4-13-20(14-5-16)30(28,29)26-19-11-12-19/h4-5,7-10,13-14,19,22,26H,6,11-12,15H2,1-3H3,(H,25,27). The Labute approximate surface area is 178 Å². The zero-order valence-corrected chi connectivity index (χ0v) is 18.4. The summed E-state index contributed by atoms with van der Waals surface area (Å²) in [5, 5.41) is 3.06. The fraction of sp³-hybridized carbons (Fsp3) is 0.435. The molecule has 1 saturated carbocycles. The molecule has 7 heteroatoms. The van der Waals surface area contributed by atoms with Gasteiger partial charge in [0.2, 0.25) is 15.9 Å². The van der Waals surface area contributed by atoms with Gasteiger partial charge in [-0.05, 0) is 60.1 Å². The molecule has 2 aromatic rings. The van der Waals surface area contributed by atoms with Crippen LogP contribution in [0.4, 0.5) is 4.39 Å². The van der Waals surface area contributed by atoms with Crippen LogP contribution in [0.2, 0.25) is 0 Å². The van der Waals surface area contributed by atoms with Crippen LogP contribution in [0.5, 0.6) is 0 Å². The highest BCUT2D eigenvalue weighted by molar-refractivity contribution is 7.89. The predicted molar refractivity (Wildman–Crippen MR) is 115 cm³/mol. The van der Waals surface area contributed by atoms with E-state index in [0.717, 1.165) is 24.0 Å². The molecule has 1 atom stereocenters.